The molecule has 2 atom stereocenters. The second-order valence-electron chi connectivity index (χ2n) is 7.93. The molecule has 0 saturated heterocycles. The maximum atomic E-state index is 13.4. The number of aliphatic hydroxyl groups excluding tert-OH is 1. The Morgan fingerprint density at radius 1 is 1.21 bits per heavy atom. The summed E-state index contributed by atoms with van der Waals surface area (Å²) in [5.41, 5.74) is 1.58. The molecule has 0 saturated carbocycles. The van der Waals surface area contributed by atoms with Crippen molar-refractivity contribution in [2.75, 3.05) is 6.61 Å². The van der Waals surface area contributed by atoms with E-state index in [2.05, 4.69) is 6.07 Å². The van der Waals surface area contributed by atoms with Crippen LogP contribution < -0.4 is 11.2 Å². The van der Waals surface area contributed by atoms with Gasteiger partial charge in [-0.25, -0.2) is 4.79 Å². The number of hydrogen-bond acceptors (Lipinski definition) is 6. The van der Waals surface area contributed by atoms with Crippen molar-refractivity contribution in [3.8, 4) is 17.3 Å². The molecule has 0 fully saturated rings. The van der Waals surface area contributed by atoms with E-state index in [1.54, 1.807) is 43.4 Å². The summed E-state index contributed by atoms with van der Waals surface area (Å²) in [6, 6.07) is 12.3. The van der Waals surface area contributed by atoms with Crippen molar-refractivity contribution in [3.05, 3.63) is 79.5 Å². The average Bonchev–Trinajstić information content (AvgIpc) is 3.42. The van der Waals surface area contributed by atoms with Crippen LogP contribution in [0.25, 0.3) is 22.2 Å². The molecule has 0 aliphatic carbocycles. The van der Waals surface area contributed by atoms with Gasteiger partial charge in [0.2, 0.25) is 0 Å². The molecule has 1 aromatic carbocycles. The quantitative estimate of drug-likeness (QED) is 0.495. The Morgan fingerprint density at radius 3 is 2.67 bits per heavy atom. The van der Waals surface area contributed by atoms with Crippen molar-refractivity contribution in [1.82, 2.24) is 13.7 Å². The molecule has 4 aromatic rings. The fourth-order valence-corrected chi connectivity index (χ4v) is 4.66. The first-order chi connectivity index (χ1) is 15.8. The van der Waals surface area contributed by atoms with Gasteiger partial charge in [-0.3, -0.25) is 13.9 Å². The molecule has 0 amide bonds. The van der Waals surface area contributed by atoms with Gasteiger partial charge in [0.05, 0.1) is 53.2 Å². The number of benzene rings is 1. The van der Waals surface area contributed by atoms with Crippen LogP contribution in [0, 0.1) is 11.3 Å². The number of hydrogen-bond donors (Lipinski definition) is 1. The van der Waals surface area contributed by atoms with Gasteiger partial charge in [0.25, 0.3) is 5.56 Å². The van der Waals surface area contributed by atoms with Gasteiger partial charge in [-0.15, -0.1) is 0 Å². The van der Waals surface area contributed by atoms with Crippen molar-refractivity contribution in [3.63, 3.8) is 0 Å². The summed E-state index contributed by atoms with van der Waals surface area (Å²) < 4.78 is 16.1. The van der Waals surface area contributed by atoms with Crippen LogP contribution in [-0.2, 0) is 25.4 Å². The molecular formula is C23H19ClN4O5. The Bertz CT molecular complexity index is 1570. The fraction of sp³-hybridized carbons (Fsp3) is 0.261. The predicted octanol–water partition coefficient (Wildman–Crippen LogP) is 2.30. The number of aromatic nitrogens is 3. The van der Waals surface area contributed by atoms with Gasteiger partial charge in [0.15, 0.2) is 11.3 Å². The summed E-state index contributed by atoms with van der Waals surface area (Å²) in [7, 11) is 3.01. The second-order valence-corrected chi connectivity index (χ2v) is 8.30. The molecule has 33 heavy (non-hydrogen) atoms. The highest BCUT2D eigenvalue weighted by Gasteiger charge is 2.37. The van der Waals surface area contributed by atoms with Gasteiger partial charge in [0.1, 0.15) is 5.76 Å². The molecule has 10 heteroatoms. The van der Waals surface area contributed by atoms with Crippen molar-refractivity contribution < 1.29 is 14.3 Å². The number of nitriles is 1. The number of fused-ring (bicyclic) bond motifs is 3. The minimum absolute atomic E-state index is 0.161. The SMILES string of the molecule is Cn1c(=O)c2c(-c3cccc(C#N)c3)n3c(c2n(C)c1=O)C(c1ccc(Cl)o1)OC(CO)C3. The molecule has 9 nitrogen and oxygen atoms in total. The third-order valence-electron chi connectivity index (χ3n) is 5.99. The molecule has 168 valence electrons. The number of rotatable bonds is 3. The van der Waals surface area contributed by atoms with E-state index in [0.29, 0.717) is 39.2 Å². The molecule has 1 aliphatic rings. The van der Waals surface area contributed by atoms with E-state index in [-0.39, 0.29) is 18.4 Å². The normalized spacial score (nSPS) is 17.8. The van der Waals surface area contributed by atoms with Crippen molar-refractivity contribution in [2.24, 2.45) is 14.1 Å². The average molecular weight is 467 g/mol. The van der Waals surface area contributed by atoms with Crippen LogP contribution in [0.5, 0.6) is 0 Å². The Morgan fingerprint density at radius 2 is 2.00 bits per heavy atom. The van der Waals surface area contributed by atoms with Crippen LogP contribution >= 0.6 is 11.6 Å². The lowest BCUT2D eigenvalue weighted by Gasteiger charge is -2.31. The topological polar surface area (TPSA) is 115 Å². The Balaban J connectivity index is 1.97. The second kappa shape index (κ2) is 7.78. The third kappa shape index (κ3) is 3.15. The van der Waals surface area contributed by atoms with E-state index in [0.717, 1.165) is 4.57 Å². The van der Waals surface area contributed by atoms with E-state index >= 15 is 0 Å². The van der Waals surface area contributed by atoms with Crippen molar-refractivity contribution >= 4 is 22.5 Å². The van der Waals surface area contributed by atoms with Gasteiger partial charge in [-0.05, 0) is 35.9 Å². The van der Waals surface area contributed by atoms with Crippen LogP contribution in [0.3, 0.4) is 0 Å². The van der Waals surface area contributed by atoms with Crippen molar-refractivity contribution in [2.45, 2.75) is 18.8 Å². The molecular weight excluding hydrogens is 448 g/mol. The number of ether oxygens (including phenoxy) is 1. The number of aliphatic hydroxyl groups is 1. The standard InChI is InChI=1S/C23H19ClN4O5/c1-26-19-17(22(30)27(2)23(26)31)18(13-5-3-4-12(8-13)9-25)28-10-14(11-29)32-21(20(19)28)15-6-7-16(24)33-15/h3-8,14,21,29H,10-11H2,1-2H3. The van der Waals surface area contributed by atoms with E-state index in [9.17, 15) is 20.0 Å². The molecule has 1 N–H and O–H groups in total. The smallest absolute Gasteiger partial charge is 0.331 e. The number of halogens is 1. The predicted molar refractivity (Wildman–Crippen MR) is 120 cm³/mol. The molecule has 0 spiro atoms. The van der Waals surface area contributed by atoms with Gasteiger partial charge >= 0.3 is 5.69 Å². The van der Waals surface area contributed by atoms with E-state index in [1.165, 1.54) is 11.6 Å². The van der Waals surface area contributed by atoms with E-state index in [1.807, 2.05) is 4.57 Å². The van der Waals surface area contributed by atoms with Crippen molar-refractivity contribution in [1.29, 1.82) is 5.26 Å². The van der Waals surface area contributed by atoms with Crippen LogP contribution in [0.4, 0.5) is 0 Å². The highest BCUT2D eigenvalue weighted by Crippen LogP contribution is 2.42. The summed E-state index contributed by atoms with van der Waals surface area (Å²) in [6.45, 7) is -0.0393. The third-order valence-corrected chi connectivity index (χ3v) is 6.19. The summed E-state index contributed by atoms with van der Waals surface area (Å²) in [5.74, 6) is 0.379. The minimum Gasteiger partial charge on any atom is -0.446 e. The lowest BCUT2D eigenvalue weighted by atomic mass is 10.1. The summed E-state index contributed by atoms with van der Waals surface area (Å²) in [5, 5.41) is 19.8. The lowest BCUT2D eigenvalue weighted by Crippen LogP contribution is -2.37. The van der Waals surface area contributed by atoms with E-state index < -0.39 is 23.5 Å². The zero-order chi connectivity index (χ0) is 23.4. The molecule has 4 heterocycles. The van der Waals surface area contributed by atoms with Crippen LogP contribution in [0.2, 0.25) is 5.22 Å². The summed E-state index contributed by atoms with van der Waals surface area (Å²) in [4.78, 5) is 26.3. The van der Waals surface area contributed by atoms with Crippen LogP contribution in [0.15, 0.2) is 50.4 Å². The zero-order valence-electron chi connectivity index (χ0n) is 17.8. The maximum absolute atomic E-state index is 13.4. The van der Waals surface area contributed by atoms with Gasteiger partial charge in [-0.1, -0.05) is 12.1 Å². The highest BCUT2D eigenvalue weighted by atomic mass is 35.5. The first-order valence-electron chi connectivity index (χ1n) is 10.2. The van der Waals surface area contributed by atoms with Gasteiger partial charge in [-0.2, -0.15) is 5.26 Å². The largest absolute Gasteiger partial charge is 0.446 e. The lowest BCUT2D eigenvalue weighted by molar-refractivity contribution is -0.0589. The Hall–Kier alpha value is -3.58. The fourth-order valence-electron chi connectivity index (χ4n) is 4.51. The molecule has 0 radical (unpaired) electrons. The van der Waals surface area contributed by atoms with E-state index in [4.69, 9.17) is 20.8 Å². The first-order valence-corrected chi connectivity index (χ1v) is 10.6. The number of furan rings is 1. The van der Waals surface area contributed by atoms with Crippen LogP contribution in [-0.4, -0.2) is 31.5 Å². The molecule has 2 unspecified atom stereocenters. The summed E-state index contributed by atoms with van der Waals surface area (Å²) in [6.07, 6.45) is -1.43. The summed E-state index contributed by atoms with van der Waals surface area (Å²) >= 11 is 6.01. The number of aryl methyl sites for hydroxylation is 1. The van der Waals surface area contributed by atoms with Crippen LogP contribution in [0.1, 0.15) is 23.1 Å². The Labute approximate surface area is 192 Å². The molecule has 5 rings (SSSR count). The van der Waals surface area contributed by atoms with Gasteiger partial charge in [0, 0.05) is 19.7 Å². The maximum Gasteiger partial charge on any atom is 0.331 e. The minimum atomic E-state index is -0.823. The molecule has 3 aromatic heterocycles. The monoisotopic (exact) mass is 466 g/mol. The zero-order valence-corrected chi connectivity index (χ0v) is 18.5. The van der Waals surface area contributed by atoms with Gasteiger partial charge < -0.3 is 18.8 Å². The molecule has 1 aliphatic heterocycles. The first kappa shape index (κ1) is 21.3. The number of nitrogens with zero attached hydrogens (tertiary/aromatic N) is 4. The Kier molecular flexibility index (Phi) is 5.01. The molecule has 0 bridgehead atoms. The highest BCUT2D eigenvalue weighted by molar-refractivity contribution is 6.28.